The molecule has 0 saturated carbocycles. The molecule has 3 rings (SSSR count). The van der Waals surface area contributed by atoms with Crippen molar-refractivity contribution in [3.8, 4) is 0 Å². The maximum Gasteiger partial charge on any atom is 0.409 e. The van der Waals surface area contributed by atoms with Gasteiger partial charge in [-0.1, -0.05) is 13.8 Å². The van der Waals surface area contributed by atoms with Crippen molar-refractivity contribution in [2.45, 2.75) is 65.5 Å². The third-order valence-corrected chi connectivity index (χ3v) is 7.53. The highest BCUT2D eigenvalue weighted by Gasteiger charge is 2.28. The number of carbonyl (C=O) groups excluding carboxylic acids is 1. The molecule has 0 radical (unpaired) electrons. The summed E-state index contributed by atoms with van der Waals surface area (Å²) < 4.78 is 5.59. The zero-order chi connectivity index (χ0) is 20.8. The Kier molecular flexibility index (Phi) is 8.63. The number of carbonyl (C=O) groups is 1. The Balaban J connectivity index is 1.27. The Labute approximate surface area is 178 Å². The summed E-state index contributed by atoms with van der Waals surface area (Å²) in [6, 6.07) is 1.41. The van der Waals surface area contributed by atoms with E-state index in [1.165, 1.54) is 39.0 Å². The normalized spacial score (nSPS) is 24.6. The van der Waals surface area contributed by atoms with Crippen molar-refractivity contribution >= 4 is 6.09 Å². The van der Waals surface area contributed by atoms with Crippen LogP contribution in [-0.4, -0.2) is 103 Å². The van der Waals surface area contributed by atoms with Gasteiger partial charge in [0.1, 0.15) is 6.61 Å². The monoisotopic (exact) mass is 408 g/mol. The second kappa shape index (κ2) is 11.0. The second-order valence-electron chi connectivity index (χ2n) is 9.92. The van der Waals surface area contributed by atoms with Gasteiger partial charge < -0.3 is 9.64 Å². The van der Waals surface area contributed by atoms with Gasteiger partial charge in [-0.25, -0.2) is 4.79 Å². The molecule has 6 nitrogen and oxygen atoms in total. The molecule has 3 fully saturated rings. The van der Waals surface area contributed by atoms with Crippen molar-refractivity contribution in [3.63, 3.8) is 0 Å². The van der Waals surface area contributed by atoms with Gasteiger partial charge in [-0.15, -0.1) is 0 Å². The summed E-state index contributed by atoms with van der Waals surface area (Å²) in [5, 5.41) is 0. The first kappa shape index (κ1) is 22.8. The first-order valence-corrected chi connectivity index (χ1v) is 12.1. The number of hydrogen-bond acceptors (Lipinski definition) is 5. The summed E-state index contributed by atoms with van der Waals surface area (Å²) in [6.45, 7) is 19.4. The van der Waals surface area contributed by atoms with Crippen LogP contribution < -0.4 is 0 Å². The maximum atomic E-state index is 12.3. The van der Waals surface area contributed by atoms with Gasteiger partial charge in [-0.2, -0.15) is 0 Å². The fourth-order valence-corrected chi connectivity index (χ4v) is 5.23. The van der Waals surface area contributed by atoms with Gasteiger partial charge >= 0.3 is 6.09 Å². The van der Waals surface area contributed by atoms with Gasteiger partial charge in [0.25, 0.3) is 0 Å². The summed E-state index contributed by atoms with van der Waals surface area (Å²) >= 11 is 0. The van der Waals surface area contributed by atoms with E-state index in [1.807, 2.05) is 4.90 Å². The van der Waals surface area contributed by atoms with Crippen LogP contribution in [0.4, 0.5) is 4.79 Å². The van der Waals surface area contributed by atoms with Gasteiger partial charge in [0.05, 0.1) is 0 Å². The lowest BCUT2D eigenvalue weighted by Gasteiger charge is -2.43. The fraction of sp³-hybridized carbons (Fsp3) is 0.957. The number of ether oxygens (including phenoxy) is 1. The highest BCUT2D eigenvalue weighted by atomic mass is 16.6. The van der Waals surface area contributed by atoms with E-state index in [0.29, 0.717) is 12.6 Å². The van der Waals surface area contributed by atoms with E-state index in [0.717, 1.165) is 63.4 Å². The van der Waals surface area contributed by atoms with Crippen LogP contribution in [0.15, 0.2) is 0 Å². The molecule has 0 atom stereocenters. The van der Waals surface area contributed by atoms with E-state index < -0.39 is 0 Å². The van der Waals surface area contributed by atoms with E-state index in [-0.39, 0.29) is 6.09 Å². The Bertz CT molecular complexity index is 489. The molecule has 0 aromatic carbocycles. The fourth-order valence-electron chi connectivity index (χ4n) is 5.23. The van der Waals surface area contributed by atoms with Crippen LogP contribution in [0.3, 0.4) is 0 Å². The molecule has 0 spiro atoms. The summed E-state index contributed by atoms with van der Waals surface area (Å²) in [5.41, 5.74) is 0. The van der Waals surface area contributed by atoms with Gasteiger partial charge in [0.15, 0.2) is 0 Å². The zero-order valence-electron chi connectivity index (χ0n) is 19.3. The maximum absolute atomic E-state index is 12.3. The summed E-state index contributed by atoms with van der Waals surface area (Å²) in [7, 11) is 0. The zero-order valence-corrected chi connectivity index (χ0v) is 19.3. The van der Waals surface area contributed by atoms with E-state index in [1.54, 1.807) is 0 Å². The van der Waals surface area contributed by atoms with E-state index in [9.17, 15) is 4.79 Å². The van der Waals surface area contributed by atoms with Crippen molar-refractivity contribution in [3.05, 3.63) is 0 Å². The summed E-state index contributed by atoms with van der Waals surface area (Å²) in [6.07, 6.45) is 4.62. The minimum absolute atomic E-state index is 0.106. The first-order valence-electron chi connectivity index (χ1n) is 12.1. The number of rotatable bonds is 6. The average molecular weight is 409 g/mol. The molecule has 168 valence electrons. The Morgan fingerprint density at radius 2 is 1.48 bits per heavy atom. The molecule has 3 heterocycles. The molecule has 0 aromatic heterocycles. The number of piperidine rings is 2. The topological polar surface area (TPSA) is 39.3 Å². The lowest BCUT2D eigenvalue weighted by molar-refractivity contribution is 0.0396. The number of amides is 1. The molecule has 6 heteroatoms. The molecule has 1 amide bonds. The van der Waals surface area contributed by atoms with Gasteiger partial charge in [-0.05, 0) is 64.5 Å². The Morgan fingerprint density at radius 1 is 0.862 bits per heavy atom. The highest BCUT2D eigenvalue weighted by Crippen LogP contribution is 2.24. The van der Waals surface area contributed by atoms with Gasteiger partial charge in [0.2, 0.25) is 0 Å². The number of likely N-dealkylation sites (tertiary alicyclic amines) is 2. The third kappa shape index (κ3) is 6.56. The predicted molar refractivity (Wildman–Crippen MR) is 118 cm³/mol. The van der Waals surface area contributed by atoms with Gasteiger partial charge in [-0.3, -0.25) is 14.7 Å². The standard InChI is InChI=1S/C23H44N4O2/c1-19(2)21-5-11-27(12-6-21)23(28)29-18-17-24-9-7-22(8-10-24)26-15-13-25(14-16-26)20(3)4/h19-22H,5-18H2,1-4H3. The molecule has 0 aliphatic carbocycles. The quantitative estimate of drug-likeness (QED) is 0.676. The lowest BCUT2D eigenvalue weighted by Crippen LogP contribution is -2.54. The molecule has 0 N–H and O–H groups in total. The van der Waals surface area contributed by atoms with Crippen LogP contribution >= 0.6 is 0 Å². The van der Waals surface area contributed by atoms with Crippen molar-refractivity contribution in [1.82, 2.24) is 19.6 Å². The molecule has 0 unspecified atom stereocenters. The van der Waals surface area contributed by atoms with Crippen LogP contribution in [0.2, 0.25) is 0 Å². The van der Waals surface area contributed by atoms with Gasteiger partial charge in [0, 0.05) is 57.9 Å². The van der Waals surface area contributed by atoms with Crippen molar-refractivity contribution in [1.29, 1.82) is 0 Å². The molecular weight excluding hydrogens is 364 g/mol. The third-order valence-electron chi connectivity index (χ3n) is 7.53. The van der Waals surface area contributed by atoms with Crippen LogP contribution in [0, 0.1) is 11.8 Å². The molecule has 29 heavy (non-hydrogen) atoms. The number of piperazine rings is 1. The van der Waals surface area contributed by atoms with Crippen LogP contribution in [-0.2, 0) is 4.74 Å². The lowest BCUT2D eigenvalue weighted by atomic mass is 9.87. The summed E-state index contributed by atoms with van der Waals surface area (Å²) in [4.78, 5) is 22.0. The van der Waals surface area contributed by atoms with E-state index in [4.69, 9.17) is 4.74 Å². The van der Waals surface area contributed by atoms with Crippen LogP contribution in [0.1, 0.15) is 53.4 Å². The van der Waals surface area contributed by atoms with Crippen LogP contribution in [0.25, 0.3) is 0 Å². The second-order valence-corrected chi connectivity index (χ2v) is 9.92. The molecule has 3 saturated heterocycles. The Hall–Kier alpha value is -0.850. The van der Waals surface area contributed by atoms with Crippen molar-refractivity contribution in [2.24, 2.45) is 11.8 Å². The molecule has 0 aromatic rings. The highest BCUT2D eigenvalue weighted by molar-refractivity contribution is 5.67. The first-order chi connectivity index (χ1) is 13.9. The number of hydrogen-bond donors (Lipinski definition) is 0. The van der Waals surface area contributed by atoms with E-state index >= 15 is 0 Å². The molecular formula is C23H44N4O2. The minimum atomic E-state index is -0.106. The molecule has 3 aliphatic heterocycles. The largest absolute Gasteiger partial charge is 0.448 e. The van der Waals surface area contributed by atoms with Crippen molar-refractivity contribution < 1.29 is 9.53 Å². The summed E-state index contributed by atoms with van der Waals surface area (Å²) in [5.74, 6) is 1.48. The number of nitrogens with zero attached hydrogens (tertiary/aromatic N) is 4. The SMILES string of the molecule is CC(C)C1CCN(C(=O)OCCN2CCC(N3CCN(C(C)C)CC3)CC2)CC1. The average Bonchev–Trinajstić information content (AvgIpc) is 2.74. The smallest absolute Gasteiger partial charge is 0.409 e. The molecule has 0 bridgehead atoms. The minimum Gasteiger partial charge on any atom is -0.448 e. The van der Waals surface area contributed by atoms with Crippen LogP contribution in [0.5, 0.6) is 0 Å². The predicted octanol–water partition coefficient (Wildman–Crippen LogP) is 2.98. The Morgan fingerprint density at radius 3 is 2.03 bits per heavy atom. The molecule has 3 aliphatic rings. The van der Waals surface area contributed by atoms with E-state index in [2.05, 4.69) is 42.4 Å². The van der Waals surface area contributed by atoms with Crippen molar-refractivity contribution in [2.75, 3.05) is 65.5 Å².